The second-order valence-electron chi connectivity index (χ2n) is 7.42. The Bertz CT molecular complexity index is 1200. The van der Waals surface area contributed by atoms with Gasteiger partial charge in [-0.05, 0) is 50.3 Å². The first kappa shape index (κ1) is 23.4. The fraction of sp³-hybridized carbons (Fsp3) is 0.174. The first-order chi connectivity index (χ1) is 16.0. The molecule has 0 saturated heterocycles. The normalized spacial score (nSPS) is 11.1. The van der Waals surface area contributed by atoms with E-state index in [1.54, 1.807) is 29.5 Å². The third kappa shape index (κ3) is 6.18. The van der Waals surface area contributed by atoms with Gasteiger partial charge in [0, 0.05) is 34.6 Å². The standard InChI is InChI=1S/C23H24N6OS3/c1-29(2)13-12-25-33-17-10-8-16(9-11-17)26-23-28-21(24)20(32-23)22-27-18(14-31-22)19(30)15-6-4-3-5-7-15/h3-11,14,25H,12-13,24H2,1-2H3,(H,26,28). The number of likely N-dealkylation sites (N-methyl/N-ethyl adjacent to an activating group) is 1. The molecule has 0 atom stereocenters. The van der Waals surface area contributed by atoms with Crippen molar-refractivity contribution in [3.63, 3.8) is 0 Å². The lowest BCUT2D eigenvalue weighted by molar-refractivity contribution is 0.103. The summed E-state index contributed by atoms with van der Waals surface area (Å²) in [7, 11) is 4.11. The topological polar surface area (TPSA) is 96.2 Å². The maximum Gasteiger partial charge on any atom is 0.212 e. The summed E-state index contributed by atoms with van der Waals surface area (Å²) in [6, 6.07) is 17.2. The predicted molar refractivity (Wildman–Crippen MR) is 140 cm³/mol. The molecular formula is C23H24N6OS3. The van der Waals surface area contributed by atoms with Crippen molar-refractivity contribution in [3.05, 3.63) is 71.2 Å². The fourth-order valence-corrected chi connectivity index (χ4v) is 5.33. The van der Waals surface area contributed by atoms with Crippen LogP contribution in [0.25, 0.3) is 9.88 Å². The Hall–Kier alpha value is -2.76. The Morgan fingerprint density at radius 3 is 2.58 bits per heavy atom. The molecule has 0 radical (unpaired) electrons. The fourth-order valence-electron chi connectivity index (χ4n) is 2.89. The van der Waals surface area contributed by atoms with E-state index in [0.717, 1.165) is 28.5 Å². The highest BCUT2D eigenvalue weighted by Crippen LogP contribution is 2.38. The summed E-state index contributed by atoms with van der Waals surface area (Å²) in [5.74, 6) is 0.293. The Morgan fingerprint density at radius 2 is 1.85 bits per heavy atom. The van der Waals surface area contributed by atoms with Crippen LogP contribution < -0.4 is 15.8 Å². The summed E-state index contributed by atoms with van der Waals surface area (Å²) in [4.78, 5) is 25.6. The number of nitrogens with one attached hydrogen (secondary N) is 2. The van der Waals surface area contributed by atoms with Crippen LogP contribution in [0.15, 0.2) is 64.9 Å². The molecule has 33 heavy (non-hydrogen) atoms. The Labute approximate surface area is 205 Å². The molecule has 2 heterocycles. The maximum absolute atomic E-state index is 12.6. The van der Waals surface area contributed by atoms with E-state index >= 15 is 0 Å². The lowest BCUT2D eigenvalue weighted by atomic mass is 10.1. The lowest BCUT2D eigenvalue weighted by Gasteiger charge is -2.10. The second kappa shape index (κ2) is 10.9. The average molecular weight is 497 g/mol. The third-order valence-corrected chi connectivity index (χ3v) is 7.42. The minimum Gasteiger partial charge on any atom is -0.382 e. The number of rotatable bonds is 10. The highest BCUT2D eigenvalue weighted by molar-refractivity contribution is 7.97. The van der Waals surface area contributed by atoms with Crippen LogP contribution in [0.4, 0.5) is 16.6 Å². The van der Waals surface area contributed by atoms with Gasteiger partial charge in [0.1, 0.15) is 21.4 Å². The molecule has 7 nitrogen and oxygen atoms in total. The van der Waals surface area contributed by atoms with Crippen molar-refractivity contribution in [2.75, 3.05) is 38.2 Å². The quantitative estimate of drug-likeness (QED) is 0.161. The molecule has 4 rings (SSSR count). The molecule has 0 amide bonds. The Kier molecular flexibility index (Phi) is 7.73. The van der Waals surface area contributed by atoms with E-state index in [1.807, 2.05) is 30.3 Å². The van der Waals surface area contributed by atoms with E-state index in [4.69, 9.17) is 5.73 Å². The van der Waals surface area contributed by atoms with Crippen LogP contribution in [0.3, 0.4) is 0 Å². The number of nitrogens with zero attached hydrogens (tertiary/aromatic N) is 3. The molecule has 0 bridgehead atoms. The minimum absolute atomic E-state index is 0.103. The van der Waals surface area contributed by atoms with Crippen molar-refractivity contribution in [1.82, 2.24) is 19.6 Å². The lowest BCUT2D eigenvalue weighted by Crippen LogP contribution is -2.22. The molecule has 0 aliphatic rings. The molecule has 10 heteroatoms. The molecule has 2 aromatic carbocycles. The zero-order valence-electron chi connectivity index (χ0n) is 18.2. The van der Waals surface area contributed by atoms with E-state index in [0.29, 0.717) is 27.2 Å². The first-order valence-electron chi connectivity index (χ1n) is 10.2. The Balaban J connectivity index is 1.40. The van der Waals surface area contributed by atoms with Gasteiger partial charge in [-0.15, -0.1) is 11.3 Å². The van der Waals surface area contributed by atoms with Gasteiger partial charge >= 0.3 is 0 Å². The van der Waals surface area contributed by atoms with Gasteiger partial charge in [0.2, 0.25) is 5.78 Å². The number of hydrogen-bond donors (Lipinski definition) is 3. The van der Waals surface area contributed by atoms with Crippen LogP contribution in [0.2, 0.25) is 0 Å². The molecule has 170 valence electrons. The summed E-state index contributed by atoms with van der Waals surface area (Å²) in [5, 5.41) is 6.43. The van der Waals surface area contributed by atoms with Crippen molar-refractivity contribution in [2.24, 2.45) is 0 Å². The summed E-state index contributed by atoms with van der Waals surface area (Å²) >= 11 is 4.42. The van der Waals surface area contributed by atoms with E-state index in [1.165, 1.54) is 22.7 Å². The molecule has 0 unspecified atom stereocenters. The monoisotopic (exact) mass is 496 g/mol. The van der Waals surface area contributed by atoms with Crippen molar-refractivity contribution < 1.29 is 4.79 Å². The van der Waals surface area contributed by atoms with Gasteiger partial charge in [-0.3, -0.25) is 9.52 Å². The number of carbonyl (C=O) groups excluding carboxylic acids is 1. The van der Waals surface area contributed by atoms with Crippen LogP contribution >= 0.6 is 34.6 Å². The van der Waals surface area contributed by atoms with Crippen LogP contribution in [0.5, 0.6) is 0 Å². The molecular weight excluding hydrogens is 472 g/mol. The van der Waals surface area contributed by atoms with E-state index < -0.39 is 0 Å². The number of aromatic nitrogens is 2. The van der Waals surface area contributed by atoms with Crippen LogP contribution in [-0.2, 0) is 0 Å². The first-order valence-corrected chi connectivity index (χ1v) is 12.7. The molecule has 0 fully saturated rings. The van der Waals surface area contributed by atoms with E-state index in [2.05, 4.69) is 51.1 Å². The average Bonchev–Trinajstić information content (AvgIpc) is 3.44. The largest absolute Gasteiger partial charge is 0.382 e. The molecule has 0 aliphatic heterocycles. The number of thiazole rings is 2. The number of nitrogens with two attached hydrogens (primary N) is 1. The van der Waals surface area contributed by atoms with Crippen LogP contribution in [0.1, 0.15) is 16.1 Å². The molecule has 0 saturated carbocycles. The van der Waals surface area contributed by atoms with Gasteiger partial charge in [0.15, 0.2) is 5.13 Å². The van der Waals surface area contributed by atoms with Gasteiger partial charge in [0.25, 0.3) is 0 Å². The number of carbonyl (C=O) groups is 1. The SMILES string of the molecule is CN(C)CCNSc1ccc(Nc2nc(N)c(-c3nc(C(=O)c4ccccc4)cs3)s2)cc1. The predicted octanol–water partition coefficient (Wildman–Crippen LogP) is 4.98. The summed E-state index contributed by atoms with van der Waals surface area (Å²) < 4.78 is 3.35. The van der Waals surface area contributed by atoms with Crippen molar-refractivity contribution in [1.29, 1.82) is 0 Å². The van der Waals surface area contributed by atoms with Gasteiger partial charge in [-0.1, -0.05) is 41.7 Å². The van der Waals surface area contributed by atoms with Crippen molar-refractivity contribution in [3.8, 4) is 9.88 Å². The summed E-state index contributed by atoms with van der Waals surface area (Å²) in [6.45, 7) is 1.90. The molecule has 4 N–H and O–H groups in total. The third-order valence-electron chi connectivity index (χ3n) is 4.58. The molecule has 0 aliphatic carbocycles. The van der Waals surface area contributed by atoms with Gasteiger partial charge in [-0.25, -0.2) is 9.97 Å². The van der Waals surface area contributed by atoms with E-state index in [-0.39, 0.29) is 5.78 Å². The van der Waals surface area contributed by atoms with Crippen LogP contribution in [-0.4, -0.2) is 47.8 Å². The molecule has 4 aromatic rings. The minimum atomic E-state index is -0.103. The van der Waals surface area contributed by atoms with Gasteiger partial charge in [0.05, 0.1) is 0 Å². The van der Waals surface area contributed by atoms with E-state index in [9.17, 15) is 4.79 Å². The molecule has 2 aromatic heterocycles. The summed E-state index contributed by atoms with van der Waals surface area (Å²) in [6.07, 6.45) is 0. The maximum atomic E-state index is 12.6. The van der Waals surface area contributed by atoms with Crippen LogP contribution in [0, 0.1) is 0 Å². The Morgan fingerprint density at radius 1 is 1.09 bits per heavy atom. The zero-order chi connectivity index (χ0) is 23.2. The highest BCUT2D eigenvalue weighted by atomic mass is 32.2. The van der Waals surface area contributed by atoms with Gasteiger partial charge in [-0.2, -0.15) is 0 Å². The second-order valence-corrected chi connectivity index (χ2v) is 10.2. The number of anilines is 3. The van der Waals surface area contributed by atoms with Crippen molar-refractivity contribution in [2.45, 2.75) is 4.90 Å². The highest BCUT2D eigenvalue weighted by Gasteiger charge is 2.18. The number of ketones is 1. The van der Waals surface area contributed by atoms with Gasteiger partial charge < -0.3 is 16.0 Å². The summed E-state index contributed by atoms with van der Waals surface area (Å²) in [5.41, 5.74) is 8.11. The smallest absolute Gasteiger partial charge is 0.212 e. The number of nitrogen functional groups attached to an aromatic ring is 1. The van der Waals surface area contributed by atoms with Crippen molar-refractivity contribution >= 4 is 57.0 Å². The number of benzene rings is 2. The number of hydrogen-bond acceptors (Lipinski definition) is 10. The zero-order valence-corrected chi connectivity index (χ0v) is 20.7. The molecule has 0 spiro atoms.